The number of carbonyl (C=O) groups is 1. The summed E-state index contributed by atoms with van der Waals surface area (Å²) in [6, 6.07) is 3.91. The Morgan fingerprint density at radius 2 is 2.06 bits per heavy atom. The van der Waals surface area contributed by atoms with E-state index in [0.29, 0.717) is 5.56 Å². The molecule has 0 bridgehead atoms. The molecule has 94 valence electrons. The Balaban J connectivity index is 2.48. The number of ketones is 1. The molecule has 2 rings (SSSR count). The molecule has 1 heterocycles. The lowest BCUT2D eigenvalue weighted by molar-refractivity contribution is -0.671. The molecule has 0 aliphatic rings. The number of imidazole rings is 1. The average Bonchev–Trinajstić information content (AvgIpc) is 2.70. The van der Waals surface area contributed by atoms with E-state index in [9.17, 15) is 15.0 Å². The summed E-state index contributed by atoms with van der Waals surface area (Å²) >= 11 is 0. The summed E-state index contributed by atoms with van der Waals surface area (Å²) in [4.78, 5) is 11.8. The normalized spacial score (nSPS) is 12.3. The predicted molar refractivity (Wildman–Crippen MR) is 64.2 cm³/mol. The fraction of sp³-hybridized carbons (Fsp3) is 0.231. The molecule has 1 atom stereocenters. The van der Waals surface area contributed by atoms with Crippen LogP contribution >= 0.6 is 0 Å². The molecule has 1 aromatic heterocycles. The average molecular weight is 247 g/mol. The number of nitrogens with zero attached hydrogens (tertiary/aromatic N) is 2. The third kappa shape index (κ3) is 2.20. The molecule has 1 aromatic carbocycles. The molecule has 0 aliphatic heterocycles. The second kappa shape index (κ2) is 4.52. The highest BCUT2D eigenvalue weighted by molar-refractivity contribution is 5.83. The van der Waals surface area contributed by atoms with Gasteiger partial charge in [0, 0.05) is 5.56 Å². The Morgan fingerprint density at radius 3 is 2.56 bits per heavy atom. The molecule has 1 unspecified atom stereocenters. The molecule has 2 N–H and O–H groups in total. The molecule has 2 aromatic rings. The number of rotatable bonds is 3. The van der Waals surface area contributed by atoms with E-state index >= 15 is 0 Å². The monoisotopic (exact) mass is 247 g/mol. The first-order valence-corrected chi connectivity index (χ1v) is 5.54. The SMILES string of the molecule is CC(=O)C(c1ccc(O)c(O)c1)n1cc[n+](C)c1. The highest BCUT2D eigenvalue weighted by Gasteiger charge is 2.24. The van der Waals surface area contributed by atoms with Crippen LogP contribution in [0.3, 0.4) is 0 Å². The largest absolute Gasteiger partial charge is 0.504 e. The number of aromatic hydroxyl groups is 2. The summed E-state index contributed by atoms with van der Waals surface area (Å²) in [5.41, 5.74) is 0.633. The van der Waals surface area contributed by atoms with Gasteiger partial charge in [0.15, 0.2) is 23.3 Å². The molecule has 0 aliphatic carbocycles. The van der Waals surface area contributed by atoms with Gasteiger partial charge in [-0.3, -0.25) is 4.79 Å². The molecule has 0 fully saturated rings. The number of aromatic nitrogens is 2. The van der Waals surface area contributed by atoms with Crippen LogP contribution in [-0.4, -0.2) is 20.6 Å². The van der Waals surface area contributed by atoms with Crippen molar-refractivity contribution in [1.29, 1.82) is 0 Å². The minimum Gasteiger partial charge on any atom is -0.504 e. The predicted octanol–water partition coefficient (Wildman–Crippen LogP) is 0.902. The van der Waals surface area contributed by atoms with Crippen molar-refractivity contribution in [3.63, 3.8) is 0 Å². The van der Waals surface area contributed by atoms with Crippen molar-refractivity contribution in [2.75, 3.05) is 0 Å². The van der Waals surface area contributed by atoms with E-state index in [0.717, 1.165) is 0 Å². The molecule has 5 heteroatoms. The summed E-state index contributed by atoms with van der Waals surface area (Å²) in [6.07, 6.45) is 5.40. The zero-order valence-corrected chi connectivity index (χ0v) is 10.2. The zero-order chi connectivity index (χ0) is 13.3. The minimum atomic E-state index is -0.502. The lowest BCUT2D eigenvalue weighted by atomic mass is 10.0. The van der Waals surface area contributed by atoms with Gasteiger partial charge in [0.1, 0.15) is 12.4 Å². The molecule has 0 saturated heterocycles. The van der Waals surface area contributed by atoms with Gasteiger partial charge in [-0.2, -0.15) is 0 Å². The summed E-state index contributed by atoms with van der Waals surface area (Å²) in [5.74, 6) is -0.467. The molecular weight excluding hydrogens is 232 g/mol. The van der Waals surface area contributed by atoms with Gasteiger partial charge in [-0.05, 0) is 19.1 Å². The number of benzene rings is 1. The maximum absolute atomic E-state index is 11.8. The Morgan fingerprint density at radius 1 is 1.33 bits per heavy atom. The molecule has 0 spiro atoms. The maximum atomic E-state index is 11.8. The summed E-state index contributed by atoms with van der Waals surface area (Å²) < 4.78 is 3.59. The van der Waals surface area contributed by atoms with Gasteiger partial charge >= 0.3 is 0 Å². The van der Waals surface area contributed by atoms with Crippen molar-refractivity contribution in [3.05, 3.63) is 42.5 Å². The summed E-state index contributed by atoms with van der Waals surface area (Å²) in [7, 11) is 1.86. The molecule has 0 saturated carbocycles. The van der Waals surface area contributed by atoms with Crippen molar-refractivity contribution < 1.29 is 19.6 Å². The van der Waals surface area contributed by atoms with Crippen molar-refractivity contribution in [2.45, 2.75) is 13.0 Å². The highest BCUT2D eigenvalue weighted by Crippen LogP contribution is 2.29. The van der Waals surface area contributed by atoms with Crippen LogP contribution < -0.4 is 4.57 Å². The van der Waals surface area contributed by atoms with Crippen molar-refractivity contribution in [3.8, 4) is 11.5 Å². The van der Waals surface area contributed by atoms with Crippen LogP contribution in [0.1, 0.15) is 18.5 Å². The van der Waals surface area contributed by atoms with Crippen LogP contribution in [0.25, 0.3) is 0 Å². The number of aryl methyl sites for hydroxylation is 1. The van der Waals surface area contributed by atoms with E-state index in [-0.39, 0.29) is 17.3 Å². The van der Waals surface area contributed by atoms with Gasteiger partial charge < -0.3 is 10.2 Å². The van der Waals surface area contributed by atoms with Crippen LogP contribution in [0.4, 0.5) is 0 Å². The number of Topliss-reactive ketones (excluding diaryl/α,β-unsaturated/α-hetero) is 1. The van der Waals surface area contributed by atoms with Gasteiger partial charge in [-0.1, -0.05) is 6.07 Å². The number of carbonyl (C=O) groups excluding carboxylic acids is 1. The van der Waals surface area contributed by atoms with Crippen LogP contribution in [0, 0.1) is 0 Å². The minimum absolute atomic E-state index is 0.0451. The molecule has 5 nitrogen and oxygen atoms in total. The Bertz CT molecular complexity index is 590. The quantitative estimate of drug-likeness (QED) is 0.625. The first-order valence-electron chi connectivity index (χ1n) is 5.54. The molecule has 0 radical (unpaired) electrons. The van der Waals surface area contributed by atoms with Crippen molar-refractivity contribution >= 4 is 5.78 Å². The van der Waals surface area contributed by atoms with E-state index in [1.54, 1.807) is 23.2 Å². The number of phenolic OH excluding ortho intramolecular Hbond substituents is 2. The van der Waals surface area contributed by atoms with Crippen LogP contribution in [0.2, 0.25) is 0 Å². The lowest BCUT2D eigenvalue weighted by Gasteiger charge is -2.11. The summed E-state index contributed by atoms with van der Waals surface area (Å²) in [6.45, 7) is 1.49. The zero-order valence-electron chi connectivity index (χ0n) is 10.2. The highest BCUT2D eigenvalue weighted by atomic mass is 16.3. The molecular formula is C13H15N2O3+. The first-order chi connectivity index (χ1) is 8.49. The Hall–Kier alpha value is -2.30. The van der Waals surface area contributed by atoms with E-state index in [1.807, 2.05) is 17.8 Å². The van der Waals surface area contributed by atoms with E-state index in [2.05, 4.69) is 0 Å². The second-order valence-electron chi connectivity index (χ2n) is 4.29. The van der Waals surface area contributed by atoms with Crippen LogP contribution in [-0.2, 0) is 11.8 Å². The second-order valence-corrected chi connectivity index (χ2v) is 4.29. The molecule has 18 heavy (non-hydrogen) atoms. The number of phenols is 2. The van der Waals surface area contributed by atoms with Gasteiger partial charge in [-0.15, -0.1) is 0 Å². The third-order valence-electron chi connectivity index (χ3n) is 2.79. The van der Waals surface area contributed by atoms with E-state index < -0.39 is 6.04 Å². The Labute approximate surface area is 105 Å². The fourth-order valence-electron chi connectivity index (χ4n) is 1.95. The van der Waals surface area contributed by atoms with E-state index in [4.69, 9.17) is 0 Å². The fourth-order valence-corrected chi connectivity index (χ4v) is 1.95. The summed E-state index contributed by atoms with van der Waals surface area (Å²) in [5, 5.41) is 18.8. The van der Waals surface area contributed by atoms with Gasteiger partial charge in [0.05, 0.1) is 7.05 Å². The van der Waals surface area contributed by atoms with Crippen molar-refractivity contribution in [1.82, 2.24) is 4.57 Å². The molecule has 0 amide bonds. The third-order valence-corrected chi connectivity index (χ3v) is 2.79. The van der Waals surface area contributed by atoms with Crippen LogP contribution in [0.15, 0.2) is 36.9 Å². The standard InChI is InChI=1S/C13H14N2O3/c1-9(16)13(15-6-5-14(2)8-15)10-3-4-11(17)12(18)7-10/h3-8,13H,1-2H3,(H-,17,18)/p+1. The van der Waals surface area contributed by atoms with Gasteiger partial charge in [0.2, 0.25) is 6.33 Å². The Kier molecular flexibility index (Phi) is 3.06. The van der Waals surface area contributed by atoms with Gasteiger partial charge in [0.25, 0.3) is 0 Å². The van der Waals surface area contributed by atoms with Crippen molar-refractivity contribution in [2.24, 2.45) is 7.05 Å². The number of hydrogen-bond acceptors (Lipinski definition) is 3. The van der Waals surface area contributed by atoms with E-state index in [1.165, 1.54) is 19.1 Å². The van der Waals surface area contributed by atoms with Gasteiger partial charge in [-0.25, -0.2) is 9.13 Å². The first kappa shape index (κ1) is 12.2. The lowest BCUT2D eigenvalue weighted by Crippen LogP contribution is -2.26. The smallest absolute Gasteiger partial charge is 0.244 e. The number of hydrogen-bond donors (Lipinski definition) is 2. The topological polar surface area (TPSA) is 66.3 Å². The maximum Gasteiger partial charge on any atom is 0.244 e. The van der Waals surface area contributed by atoms with Crippen LogP contribution in [0.5, 0.6) is 11.5 Å².